The smallest absolute Gasteiger partial charge is 0.219 e. The van der Waals surface area contributed by atoms with Crippen LogP contribution < -0.4 is 4.74 Å². The number of hydrogen-bond acceptors (Lipinski definition) is 3. The van der Waals surface area contributed by atoms with Crippen LogP contribution in [0.1, 0.15) is 31.4 Å². The molecule has 1 aromatic carbocycles. The standard InChI is InChI=1S/C17H18N2O2/c1-13(20)19-11-5-8-16(19)14-9-10-17(18-12-14)21-15-6-3-2-4-7-15/h2-4,6-7,9-10,12,16H,5,8,11H2,1H3/t16-/m0/s1. The maximum atomic E-state index is 11.6. The molecule has 1 aliphatic heterocycles. The van der Waals surface area contributed by atoms with Crippen LogP contribution in [-0.2, 0) is 4.79 Å². The molecule has 1 amide bonds. The van der Waals surface area contributed by atoms with Crippen molar-refractivity contribution in [2.75, 3.05) is 6.54 Å². The second-order valence-electron chi connectivity index (χ2n) is 5.22. The Balaban J connectivity index is 1.73. The number of carbonyl (C=O) groups is 1. The zero-order chi connectivity index (χ0) is 14.7. The van der Waals surface area contributed by atoms with Gasteiger partial charge < -0.3 is 9.64 Å². The minimum atomic E-state index is 0.127. The molecule has 108 valence electrons. The van der Waals surface area contributed by atoms with Gasteiger partial charge in [-0.05, 0) is 30.5 Å². The second-order valence-corrected chi connectivity index (χ2v) is 5.22. The molecule has 1 fully saturated rings. The Labute approximate surface area is 124 Å². The van der Waals surface area contributed by atoms with Gasteiger partial charge in [-0.3, -0.25) is 4.79 Å². The molecule has 0 unspecified atom stereocenters. The van der Waals surface area contributed by atoms with E-state index in [4.69, 9.17) is 4.74 Å². The van der Waals surface area contributed by atoms with Crippen molar-refractivity contribution in [3.8, 4) is 11.6 Å². The number of hydrogen-bond donors (Lipinski definition) is 0. The third-order valence-corrected chi connectivity index (χ3v) is 3.77. The fourth-order valence-corrected chi connectivity index (χ4v) is 2.75. The van der Waals surface area contributed by atoms with Gasteiger partial charge in [0.1, 0.15) is 5.75 Å². The van der Waals surface area contributed by atoms with Crippen LogP contribution >= 0.6 is 0 Å². The summed E-state index contributed by atoms with van der Waals surface area (Å²) in [7, 11) is 0. The van der Waals surface area contributed by atoms with Crippen molar-refractivity contribution in [1.82, 2.24) is 9.88 Å². The van der Waals surface area contributed by atoms with E-state index >= 15 is 0 Å². The molecule has 0 radical (unpaired) electrons. The van der Waals surface area contributed by atoms with E-state index in [1.165, 1.54) is 0 Å². The van der Waals surface area contributed by atoms with Crippen LogP contribution in [0.5, 0.6) is 11.6 Å². The normalized spacial score (nSPS) is 17.8. The Bertz CT molecular complexity index is 610. The molecule has 4 nitrogen and oxygen atoms in total. The summed E-state index contributed by atoms with van der Waals surface area (Å²) in [6.07, 6.45) is 3.86. The fourth-order valence-electron chi connectivity index (χ4n) is 2.75. The van der Waals surface area contributed by atoms with Crippen molar-refractivity contribution >= 4 is 5.91 Å². The highest BCUT2D eigenvalue weighted by Gasteiger charge is 2.27. The number of ether oxygens (including phenoxy) is 1. The van der Waals surface area contributed by atoms with Gasteiger partial charge in [0, 0.05) is 25.7 Å². The number of amides is 1. The van der Waals surface area contributed by atoms with E-state index in [-0.39, 0.29) is 11.9 Å². The van der Waals surface area contributed by atoms with Gasteiger partial charge in [-0.25, -0.2) is 4.98 Å². The van der Waals surface area contributed by atoms with E-state index in [0.29, 0.717) is 5.88 Å². The molecule has 0 bridgehead atoms. The molecule has 0 spiro atoms. The van der Waals surface area contributed by atoms with Crippen LogP contribution in [0.4, 0.5) is 0 Å². The highest BCUT2D eigenvalue weighted by Crippen LogP contribution is 2.32. The van der Waals surface area contributed by atoms with Crippen molar-refractivity contribution in [1.29, 1.82) is 0 Å². The summed E-state index contributed by atoms with van der Waals surface area (Å²) in [5, 5.41) is 0. The van der Waals surface area contributed by atoms with E-state index in [2.05, 4.69) is 4.98 Å². The van der Waals surface area contributed by atoms with Gasteiger partial charge in [0.25, 0.3) is 0 Å². The lowest BCUT2D eigenvalue weighted by molar-refractivity contribution is -0.129. The van der Waals surface area contributed by atoms with Gasteiger partial charge in [0.2, 0.25) is 11.8 Å². The summed E-state index contributed by atoms with van der Waals surface area (Å²) >= 11 is 0. The van der Waals surface area contributed by atoms with E-state index < -0.39 is 0 Å². The number of carbonyl (C=O) groups excluding carboxylic acids is 1. The van der Waals surface area contributed by atoms with Crippen molar-refractivity contribution in [3.63, 3.8) is 0 Å². The number of likely N-dealkylation sites (tertiary alicyclic amines) is 1. The Hall–Kier alpha value is -2.36. The molecule has 1 aromatic heterocycles. The second kappa shape index (κ2) is 5.95. The zero-order valence-corrected chi connectivity index (χ0v) is 12.0. The van der Waals surface area contributed by atoms with Gasteiger partial charge in [0.05, 0.1) is 6.04 Å². The van der Waals surface area contributed by atoms with Crippen molar-refractivity contribution in [2.45, 2.75) is 25.8 Å². The van der Waals surface area contributed by atoms with E-state index in [1.54, 1.807) is 6.92 Å². The summed E-state index contributed by atoms with van der Waals surface area (Å²) < 4.78 is 5.68. The summed E-state index contributed by atoms with van der Waals surface area (Å²) in [6.45, 7) is 2.46. The van der Waals surface area contributed by atoms with Crippen LogP contribution in [0.3, 0.4) is 0 Å². The SMILES string of the molecule is CC(=O)N1CCC[C@H]1c1ccc(Oc2ccccc2)nc1. The summed E-state index contributed by atoms with van der Waals surface area (Å²) in [5.41, 5.74) is 1.07. The molecular formula is C17H18N2O2. The number of nitrogens with zero attached hydrogens (tertiary/aromatic N) is 2. The third kappa shape index (κ3) is 3.05. The number of benzene rings is 1. The molecule has 4 heteroatoms. The number of rotatable bonds is 3. The number of aromatic nitrogens is 1. The first-order valence-electron chi connectivity index (χ1n) is 7.20. The molecule has 3 rings (SSSR count). The van der Waals surface area contributed by atoms with Crippen molar-refractivity contribution in [2.24, 2.45) is 0 Å². The van der Waals surface area contributed by atoms with Crippen LogP contribution in [0.2, 0.25) is 0 Å². The predicted molar refractivity (Wildman–Crippen MR) is 80.1 cm³/mol. The molecule has 21 heavy (non-hydrogen) atoms. The maximum Gasteiger partial charge on any atom is 0.219 e. The Morgan fingerprint density at radius 3 is 2.71 bits per heavy atom. The minimum Gasteiger partial charge on any atom is -0.439 e. The number of para-hydroxylation sites is 1. The predicted octanol–water partition coefficient (Wildman–Crippen LogP) is 3.56. The first-order chi connectivity index (χ1) is 10.2. The van der Waals surface area contributed by atoms with Crippen molar-refractivity contribution < 1.29 is 9.53 Å². The van der Waals surface area contributed by atoms with Gasteiger partial charge in [0.15, 0.2) is 0 Å². The first-order valence-corrected chi connectivity index (χ1v) is 7.20. The van der Waals surface area contributed by atoms with Crippen molar-refractivity contribution in [3.05, 3.63) is 54.2 Å². The lowest BCUT2D eigenvalue weighted by atomic mass is 10.1. The lowest BCUT2D eigenvalue weighted by Gasteiger charge is -2.23. The summed E-state index contributed by atoms with van der Waals surface area (Å²) in [4.78, 5) is 17.9. The molecule has 2 heterocycles. The van der Waals surface area contributed by atoms with Crippen LogP contribution in [-0.4, -0.2) is 22.3 Å². The van der Waals surface area contributed by atoms with Gasteiger partial charge in [-0.1, -0.05) is 24.3 Å². The summed E-state index contributed by atoms with van der Waals surface area (Å²) in [5.74, 6) is 1.46. The van der Waals surface area contributed by atoms with E-state index in [0.717, 1.165) is 30.7 Å². The Kier molecular flexibility index (Phi) is 3.86. The van der Waals surface area contributed by atoms with Crippen LogP contribution in [0, 0.1) is 0 Å². The maximum absolute atomic E-state index is 11.6. The first kappa shape index (κ1) is 13.6. The zero-order valence-electron chi connectivity index (χ0n) is 12.0. The van der Waals surface area contributed by atoms with Crippen LogP contribution in [0.15, 0.2) is 48.7 Å². The lowest BCUT2D eigenvalue weighted by Crippen LogP contribution is -2.28. The van der Waals surface area contributed by atoms with E-state index in [1.807, 2.05) is 53.6 Å². The molecule has 1 saturated heterocycles. The topological polar surface area (TPSA) is 42.4 Å². The van der Waals surface area contributed by atoms with Crippen LogP contribution in [0.25, 0.3) is 0 Å². The molecule has 0 aliphatic carbocycles. The van der Waals surface area contributed by atoms with Gasteiger partial charge in [-0.2, -0.15) is 0 Å². The Morgan fingerprint density at radius 1 is 1.24 bits per heavy atom. The average Bonchev–Trinajstić information content (AvgIpc) is 2.99. The molecule has 1 atom stereocenters. The molecule has 2 aromatic rings. The molecule has 1 aliphatic rings. The molecular weight excluding hydrogens is 264 g/mol. The minimum absolute atomic E-state index is 0.127. The van der Waals surface area contributed by atoms with Gasteiger partial charge in [-0.15, -0.1) is 0 Å². The third-order valence-electron chi connectivity index (χ3n) is 3.77. The monoisotopic (exact) mass is 282 g/mol. The largest absolute Gasteiger partial charge is 0.439 e. The highest BCUT2D eigenvalue weighted by atomic mass is 16.5. The molecule has 0 N–H and O–H groups in total. The number of pyridine rings is 1. The quantitative estimate of drug-likeness (QED) is 0.864. The van der Waals surface area contributed by atoms with Gasteiger partial charge >= 0.3 is 0 Å². The van der Waals surface area contributed by atoms with E-state index in [9.17, 15) is 4.79 Å². The summed E-state index contributed by atoms with van der Waals surface area (Å²) in [6, 6.07) is 13.6. The fraction of sp³-hybridized carbons (Fsp3) is 0.294. The Morgan fingerprint density at radius 2 is 2.05 bits per heavy atom. The molecule has 0 saturated carbocycles. The average molecular weight is 282 g/mol. The highest BCUT2D eigenvalue weighted by molar-refractivity contribution is 5.74.